The van der Waals surface area contributed by atoms with E-state index in [2.05, 4.69) is 10.6 Å². The van der Waals surface area contributed by atoms with Crippen LogP contribution in [0, 0.1) is 0 Å². The summed E-state index contributed by atoms with van der Waals surface area (Å²) in [6, 6.07) is 0. The summed E-state index contributed by atoms with van der Waals surface area (Å²) in [4.78, 5) is 0. The smallest absolute Gasteiger partial charge is 0.0560 e. The molecule has 3 heteroatoms. The summed E-state index contributed by atoms with van der Waals surface area (Å²) in [5.41, 5.74) is 5.58. The molecule has 0 bridgehead atoms. The van der Waals surface area contributed by atoms with Crippen LogP contribution in [0.5, 0.6) is 0 Å². The number of nitrogens with two attached hydrogens (primary N) is 1. The van der Waals surface area contributed by atoms with Gasteiger partial charge in [-0.3, -0.25) is 0 Å². The minimum absolute atomic E-state index is 0.109. The molecule has 0 heterocycles. The van der Waals surface area contributed by atoms with E-state index in [-0.39, 0.29) is 6.17 Å². The zero-order valence-electron chi connectivity index (χ0n) is 6.72. The first-order chi connectivity index (χ1) is 4.81. The van der Waals surface area contributed by atoms with Gasteiger partial charge in [0.2, 0.25) is 0 Å². The Morgan fingerprint density at radius 1 is 1.60 bits per heavy atom. The molecule has 0 spiro atoms. The lowest BCUT2D eigenvalue weighted by Crippen LogP contribution is -2.36. The molecule has 0 aliphatic heterocycles. The Balaban J connectivity index is 3.03. The summed E-state index contributed by atoms with van der Waals surface area (Å²) in [5.74, 6) is 0. The van der Waals surface area contributed by atoms with E-state index in [0.717, 1.165) is 13.0 Å². The number of rotatable bonds is 5. The summed E-state index contributed by atoms with van der Waals surface area (Å²) in [6.45, 7) is 2.90. The van der Waals surface area contributed by atoms with Crippen molar-refractivity contribution in [2.45, 2.75) is 19.5 Å². The molecule has 0 aliphatic rings. The molecule has 0 amide bonds. The van der Waals surface area contributed by atoms with Gasteiger partial charge in [-0.15, -0.1) is 0 Å². The molecular weight excluding hydrogens is 126 g/mol. The fourth-order valence-electron chi connectivity index (χ4n) is 0.584. The Kier molecular flexibility index (Phi) is 6.22. The highest BCUT2D eigenvalue weighted by molar-refractivity contribution is 4.74. The Labute approximate surface area is 62.7 Å². The minimum Gasteiger partial charge on any atom is -0.391 e. The largest absolute Gasteiger partial charge is 0.391 e. The van der Waals surface area contributed by atoms with Crippen molar-refractivity contribution >= 4 is 0 Å². The van der Waals surface area contributed by atoms with Crippen LogP contribution in [-0.2, 0) is 0 Å². The quantitative estimate of drug-likeness (QED) is 0.375. The van der Waals surface area contributed by atoms with Crippen LogP contribution < -0.4 is 16.4 Å². The Morgan fingerprint density at radius 2 is 2.30 bits per heavy atom. The predicted molar refractivity (Wildman–Crippen MR) is 44.5 cm³/mol. The van der Waals surface area contributed by atoms with Crippen molar-refractivity contribution in [3.05, 3.63) is 12.3 Å². The highest BCUT2D eigenvalue weighted by atomic mass is 15.0. The van der Waals surface area contributed by atoms with Crippen molar-refractivity contribution in [1.29, 1.82) is 0 Å². The lowest BCUT2D eigenvalue weighted by atomic mass is 10.3. The van der Waals surface area contributed by atoms with Crippen LogP contribution in [0.1, 0.15) is 13.3 Å². The Morgan fingerprint density at radius 3 is 2.80 bits per heavy atom. The molecule has 0 aromatic carbocycles. The van der Waals surface area contributed by atoms with Crippen molar-refractivity contribution < 1.29 is 0 Å². The highest BCUT2D eigenvalue weighted by Gasteiger charge is 1.93. The molecule has 0 radical (unpaired) electrons. The molecule has 10 heavy (non-hydrogen) atoms. The molecular formula is C7H17N3. The third kappa shape index (κ3) is 5.59. The molecule has 0 rings (SSSR count). The number of nitrogens with one attached hydrogen (secondary N) is 2. The van der Waals surface area contributed by atoms with Gasteiger partial charge in [-0.05, 0) is 26.6 Å². The first-order valence-corrected chi connectivity index (χ1v) is 3.58. The zero-order valence-corrected chi connectivity index (χ0v) is 6.72. The molecule has 0 saturated heterocycles. The van der Waals surface area contributed by atoms with Gasteiger partial charge in [0.05, 0.1) is 6.17 Å². The minimum atomic E-state index is 0.109. The van der Waals surface area contributed by atoms with Crippen molar-refractivity contribution in [3.63, 3.8) is 0 Å². The summed E-state index contributed by atoms with van der Waals surface area (Å²) in [6.07, 6.45) is 4.94. The normalized spacial score (nSPS) is 13.9. The van der Waals surface area contributed by atoms with Crippen molar-refractivity contribution in [3.8, 4) is 0 Å². The van der Waals surface area contributed by atoms with E-state index in [4.69, 9.17) is 5.73 Å². The lowest BCUT2D eigenvalue weighted by Gasteiger charge is -2.08. The zero-order chi connectivity index (χ0) is 7.82. The van der Waals surface area contributed by atoms with Crippen LogP contribution in [0.25, 0.3) is 0 Å². The van der Waals surface area contributed by atoms with Crippen LogP contribution in [0.3, 0.4) is 0 Å². The maximum Gasteiger partial charge on any atom is 0.0560 e. The van der Waals surface area contributed by atoms with Gasteiger partial charge in [0, 0.05) is 6.54 Å². The van der Waals surface area contributed by atoms with Crippen LogP contribution in [-0.4, -0.2) is 19.8 Å². The van der Waals surface area contributed by atoms with Crippen LogP contribution in [0.15, 0.2) is 12.3 Å². The highest BCUT2D eigenvalue weighted by Crippen LogP contribution is 1.78. The summed E-state index contributed by atoms with van der Waals surface area (Å²) < 4.78 is 0. The average molecular weight is 143 g/mol. The van der Waals surface area contributed by atoms with Crippen LogP contribution >= 0.6 is 0 Å². The molecule has 1 atom stereocenters. The van der Waals surface area contributed by atoms with E-state index in [1.165, 1.54) is 0 Å². The summed E-state index contributed by atoms with van der Waals surface area (Å²) >= 11 is 0. The monoisotopic (exact) mass is 143 g/mol. The first kappa shape index (κ1) is 9.46. The maximum absolute atomic E-state index is 5.58. The second-order valence-electron chi connectivity index (χ2n) is 2.14. The van der Waals surface area contributed by atoms with Gasteiger partial charge < -0.3 is 16.4 Å². The SMILES string of the molecule is C/C=C\NCCC(N)NC. The van der Waals surface area contributed by atoms with E-state index in [1.807, 2.05) is 26.2 Å². The second kappa shape index (κ2) is 6.58. The number of allylic oxidation sites excluding steroid dienone is 1. The van der Waals surface area contributed by atoms with Gasteiger partial charge in [0.15, 0.2) is 0 Å². The van der Waals surface area contributed by atoms with Gasteiger partial charge >= 0.3 is 0 Å². The second-order valence-corrected chi connectivity index (χ2v) is 2.14. The average Bonchev–Trinajstić information content (AvgIpc) is 1.98. The molecule has 60 valence electrons. The summed E-state index contributed by atoms with van der Waals surface area (Å²) in [7, 11) is 1.86. The fraction of sp³-hybridized carbons (Fsp3) is 0.714. The fourth-order valence-corrected chi connectivity index (χ4v) is 0.584. The maximum atomic E-state index is 5.58. The lowest BCUT2D eigenvalue weighted by molar-refractivity contribution is 0.532. The van der Waals surface area contributed by atoms with Crippen molar-refractivity contribution in [1.82, 2.24) is 10.6 Å². The van der Waals surface area contributed by atoms with E-state index in [9.17, 15) is 0 Å². The molecule has 0 aliphatic carbocycles. The van der Waals surface area contributed by atoms with E-state index < -0.39 is 0 Å². The first-order valence-electron chi connectivity index (χ1n) is 3.58. The number of hydrogen-bond donors (Lipinski definition) is 3. The van der Waals surface area contributed by atoms with Crippen LogP contribution in [0.2, 0.25) is 0 Å². The molecule has 0 fully saturated rings. The van der Waals surface area contributed by atoms with Crippen LogP contribution in [0.4, 0.5) is 0 Å². The topological polar surface area (TPSA) is 50.1 Å². The third-order valence-corrected chi connectivity index (χ3v) is 1.25. The molecule has 3 nitrogen and oxygen atoms in total. The predicted octanol–water partition coefficient (Wildman–Crippen LogP) is 0.00390. The Hall–Kier alpha value is -0.540. The molecule has 1 unspecified atom stereocenters. The molecule has 0 aromatic rings. The van der Waals surface area contributed by atoms with Gasteiger partial charge in [0.25, 0.3) is 0 Å². The summed E-state index contributed by atoms with van der Waals surface area (Å²) in [5, 5.41) is 6.06. The van der Waals surface area contributed by atoms with E-state index in [0.29, 0.717) is 0 Å². The Bertz CT molecular complexity index is 90.9. The van der Waals surface area contributed by atoms with Crippen molar-refractivity contribution in [2.24, 2.45) is 5.73 Å². The molecule has 0 saturated carbocycles. The van der Waals surface area contributed by atoms with Crippen molar-refractivity contribution in [2.75, 3.05) is 13.6 Å². The van der Waals surface area contributed by atoms with Gasteiger partial charge in [-0.2, -0.15) is 0 Å². The van der Waals surface area contributed by atoms with E-state index in [1.54, 1.807) is 0 Å². The van der Waals surface area contributed by atoms with Gasteiger partial charge in [-0.25, -0.2) is 0 Å². The van der Waals surface area contributed by atoms with E-state index >= 15 is 0 Å². The standard InChI is InChI=1S/C7H17N3/c1-3-5-10-6-4-7(8)9-2/h3,5,7,9-10H,4,6,8H2,1-2H3/b5-3-. The number of hydrogen-bond acceptors (Lipinski definition) is 3. The third-order valence-electron chi connectivity index (χ3n) is 1.25. The van der Waals surface area contributed by atoms with Gasteiger partial charge in [0.1, 0.15) is 0 Å². The molecule has 4 N–H and O–H groups in total. The van der Waals surface area contributed by atoms with Gasteiger partial charge in [-0.1, -0.05) is 6.08 Å². The molecule has 0 aromatic heterocycles.